The van der Waals surface area contributed by atoms with Crippen LogP contribution in [-0.2, 0) is 0 Å². The lowest BCUT2D eigenvalue weighted by molar-refractivity contribution is 0.790. The van der Waals surface area contributed by atoms with E-state index in [4.69, 9.17) is 5.73 Å². The summed E-state index contributed by atoms with van der Waals surface area (Å²) in [5.41, 5.74) is 7.57. The number of pyridine rings is 1. The number of rotatable bonds is 1. The molecule has 0 aliphatic carbocycles. The molecule has 0 radical (unpaired) electrons. The molecule has 2 N–H and O–H groups in total. The molecule has 0 unspecified atom stereocenters. The predicted octanol–water partition coefficient (Wildman–Crippen LogP) is 2.12. The molecule has 1 atom stereocenters. The molecule has 2 aromatic heterocycles. The Labute approximate surface area is 84.7 Å². The zero-order chi connectivity index (χ0) is 9.42. The van der Waals surface area contributed by atoms with Crippen molar-refractivity contribution in [1.29, 1.82) is 0 Å². The van der Waals surface area contributed by atoms with Gasteiger partial charge in [-0.1, -0.05) is 0 Å². The molecule has 3 nitrogen and oxygen atoms in total. The monoisotopic (exact) mass is 239 g/mol. The Morgan fingerprint density at radius 2 is 2.23 bits per heavy atom. The minimum atomic E-state index is -0.0151. The molecule has 68 valence electrons. The Balaban J connectivity index is 2.62. The summed E-state index contributed by atoms with van der Waals surface area (Å²) in [6.07, 6.45) is 3.92. The first-order chi connectivity index (χ1) is 6.16. The largest absolute Gasteiger partial charge is 0.323 e. The summed E-state index contributed by atoms with van der Waals surface area (Å²) in [5.74, 6) is 0. The summed E-state index contributed by atoms with van der Waals surface area (Å²) in [4.78, 5) is 4.37. The molecule has 2 aromatic rings. The second-order valence-corrected chi connectivity index (χ2v) is 3.98. The Kier molecular flexibility index (Phi) is 2.09. The van der Waals surface area contributed by atoms with E-state index in [0.29, 0.717) is 0 Å². The van der Waals surface area contributed by atoms with Crippen molar-refractivity contribution >= 4 is 21.6 Å². The van der Waals surface area contributed by atoms with E-state index < -0.39 is 0 Å². The number of nitrogens with two attached hydrogens (primary N) is 1. The maximum absolute atomic E-state index is 5.73. The fourth-order valence-corrected chi connectivity index (χ4v) is 1.56. The Morgan fingerprint density at radius 3 is 2.92 bits per heavy atom. The lowest BCUT2D eigenvalue weighted by atomic mass is 10.3. The molecule has 0 fully saturated rings. The van der Waals surface area contributed by atoms with Crippen LogP contribution in [0.15, 0.2) is 29.0 Å². The minimum absolute atomic E-state index is 0.0151. The molecular weight excluding hydrogens is 230 g/mol. The second kappa shape index (κ2) is 3.12. The summed E-state index contributed by atoms with van der Waals surface area (Å²) >= 11 is 3.40. The summed E-state index contributed by atoms with van der Waals surface area (Å²) in [6.45, 7) is 1.93. The lowest BCUT2D eigenvalue weighted by Crippen LogP contribution is -2.04. The highest BCUT2D eigenvalue weighted by Gasteiger charge is 2.04. The third-order valence-electron chi connectivity index (χ3n) is 1.90. The highest BCUT2D eigenvalue weighted by Crippen LogP contribution is 2.14. The van der Waals surface area contributed by atoms with E-state index in [1.54, 1.807) is 0 Å². The van der Waals surface area contributed by atoms with Gasteiger partial charge in [-0.05, 0) is 35.0 Å². The SMILES string of the molecule is C[C@H](N)c1cn2cc(Br)ccc2n1. The van der Waals surface area contributed by atoms with Gasteiger partial charge in [0, 0.05) is 22.9 Å². The molecular formula is C9H10BrN3. The highest BCUT2D eigenvalue weighted by atomic mass is 79.9. The Hall–Kier alpha value is -0.870. The third-order valence-corrected chi connectivity index (χ3v) is 2.37. The summed E-state index contributed by atoms with van der Waals surface area (Å²) in [7, 11) is 0. The average molecular weight is 240 g/mol. The van der Waals surface area contributed by atoms with Crippen molar-refractivity contribution < 1.29 is 0 Å². The van der Waals surface area contributed by atoms with E-state index in [0.717, 1.165) is 15.8 Å². The topological polar surface area (TPSA) is 43.3 Å². The maximum atomic E-state index is 5.73. The van der Waals surface area contributed by atoms with Gasteiger partial charge in [0.05, 0.1) is 5.69 Å². The Bertz CT molecular complexity index is 433. The first-order valence-electron chi connectivity index (χ1n) is 4.06. The number of hydrogen-bond donors (Lipinski definition) is 1. The van der Waals surface area contributed by atoms with Crippen molar-refractivity contribution in [1.82, 2.24) is 9.38 Å². The van der Waals surface area contributed by atoms with Crippen molar-refractivity contribution in [3.05, 3.63) is 34.7 Å². The van der Waals surface area contributed by atoms with Crippen LogP contribution in [0, 0.1) is 0 Å². The molecule has 13 heavy (non-hydrogen) atoms. The van der Waals surface area contributed by atoms with Gasteiger partial charge in [-0.3, -0.25) is 0 Å². The van der Waals surface area contributed by atoms with Crippen molar-refractivity contribution in [2.45, 2.75) is 13.0 Å². The van der Waals surface area contributed by atoms with Crippen LogP contribution >= 0.6 is 15.9 Å². The fraction of sp³-hybridized carbons (Fsp3) is 0.222. The number of hydrogen-bond acceptors (Lipinski definition) is 2. The molecule has 0 aliphatic heterocycles. The van der Waals surface area contributed by atoms with Crippen molar-refractivity contribution in [2.75, 3.05) is 0 Å². The van der Waals surface area contributed by atoms with E-state index in [9.17, 15) is 0 Å². The summed E-state index contributed by atoms with van der Waals surface area (Å²) in [6, 6.07) is 3.90. The number of fused-ring (bicyclic) bond motifs is 1. The van der Waals surface area contributed by atoms with E-state index in [2.05, 4.69) is 20.9 Å². The van der Waals surface area contributed by atoms with Gasteiger partial charge in [0.1, 0.15) is 5.65 Å². The molecule has 0 bridgehead atoms. The highest BCUT2D eigenvalue weighted by molar-refractivity contribution is 9.10. The average Bonchev–Trinajstić information content (AvgIpc) is 2.46. The number of aromatic nitrogens is 2. The van der Waals surface area contributed by atoms with Gasteiger partial charge in [-0.15, -0.1) is 0 Å². The van der Waals surface area contributed by atoms with Gasteiger partial charge in [0.15, 0.2) is 0 Å². The first kappa shape index (κ1) is 8.72. The summed E-state index contributed by atoms with van der Waals surface area (Å²) in [5, 5.41) is 0. The smallest absolute Gasteiger partial charge is 0.137 e. The van der Waals surface area contributed by atoms with Crippen LogP contribution in [0.2, 0.25) is 0 Å². The van der Waals surface area contributed by atoms with Gasteiger partial charge in [-0.25, -0.2) is 4.98 Å². The number of nitrogens with zero attached hydrogens (tertiary/aromatic N) is 2. The van der Waals surface area contributed by atoms with Crippen molar-refractivity contribution in [3.8, 4) is 0 Å². The van der Waals surface area contributed by atoms with Gasteiger partial charge < -0.3 is 10.1 Å². The van der Waals surface area contributed by atoms with Gasteiger partial charge in [0.2, 0.25) is 0 Å². The van der Waals surface area contributed by atoms with E-state index in [1.165, 1.54) is 0 Å². The molecule has 0 aromatic carbocycles. The van der Waals surface area contributed by atoms with E-state index in [1.807, 2.05) is 35.9 Å². The van der Waals surface area contributed by atoms with Crippen LogP contribution in [0.5, 0.6) is 0 Å². The molecule has 0 saturated heterocycles. The normalized spacial score (nSPS) is 13.5. The summed E-state index contributed by atoms with van der Waals surface area (Å²) < 4.78 is 3.00. The predicted molar refractivity (Wildman–Crippen MR) is 55.5 cm³/mol. The zero-order valence-electron chi connectivity index (χ0n) is 7.24. The van der Waals surface area contributed by atoms with Gasteiger partial charge in [-0.2, -0.15) is 0 Å². The third kappa shape index (κ3) is 1.59. The van der Waals surface area contributed by atoms with E-state index >= 15 is 0 Å². The maximum Gasteiger partial charge on any atom is 0.137 e. The van der Waals surface area contributed by atoms with Crippen LogP contribution in [0.1, 0.15) is 18.7 Å². The quantitative estimate of drug-likeness (QED) is 0.829. The lowest BCUT2D eigenvalue weighted by Gasteiger charge is -1.95. The first-order valence-corrected chi connectivity index (χ1v) is 4.86. The van der Waals surface area contributed by atoms with Crippen LogP contribution in [0.4, 0.5) is 0 Å². The minimum Gasteiger partial charge on any atom is -0.323 e. The molecule has 0 saturated carbocycles. The standard InChI is InChI=1S/C9H10BrN3/c1-6(11)8-5-13-4-7(10)2-3-9(13)12-8/h2-6H,11H2,1H3/t6-/m0/s1. The molecule has 0 amide bonds. The molecule has 2 heterocycles. The van der Waals surface area contributed by atoms with Gasteiger partial charge in [0.25, 0.3) is 0 Å². The van der Waals surface area contributed by atoms with Crippen LogP contribution in [-0.4, -0.2) is 9.38 Å². The Morgan fingerprint density at radius 1 is 1.46 bits per heavy atom. The number of halogens is 1. The zero-order valence-corrected chi connectivity index (χ0v) is 8.82. The number of imidazole rings is 1. The second-order valence-electron chi connectivity index (χ2n) is 3.07. The molecule has 0 spiro atoms. The van der Waals surface area contributed by atoms with Crippen LogP contribution in [0.25, 0.3) is 5.65 Å². The van der Waals surface area contributed by atoms with E-state index in [-0.39, 0.29) is 6.04 Å². The molecule has 0 aliphatic rings. The van der Waals surface area contributed by atoms with Gasteiger partial charge >= 0.3 is 0 Å². The molecule has 4 heteroatoms. The van der Waals surface area contributed by atoms with Crippen LogP contribution in [0.3, 0.4) is 0 Å². The fourth-order valence-electron chi connectivity index (χ4n) is 1.20. The van der Waals surface area contributed by atoms with Crippen molar-refractivity contribution in [2.24, 2.45) is 5.73 Å². The van der Waals surface area contributed by atoms with Crippen LogP contribution < -0.4 is 5.73 Å². The molecule has 2 rings (SSSR count). The van der Waals surface area contributed by atoms with Crippen molar-refractivity contribution in [3.63, 3.8) is 0 Å².